The van der Waals surface area contributed by atoms with Gasteiger partial charge < -0.3 is 4.90 Å². The van der Waals surface area contributed by atoms with Crippen LogP contribution >= 0.6 is 11.6 Å². The number of halogens is 1. The molecule has 4 nitrogen and oxygen atoms in total. The van der Waals surface area contributed by atoms with Crippen molar-refractivity contribution in [2.45, 2.75) is 32.2 Å². The van der Waals surface area contributed by atoms with E-state index in [1.54, 1.807) is 24.3 Å². The lowest BCUT2D eigenvalue weighted by Gasteiger charge is -2.30. The average molecular weight is 308 g/mol. The van der Waals surface area contributed by atoms with Gasteiger partial charge in [-0.15, -0.1) is 0 Å². The highest BCUT2D eigenvalue weighted by Crippen LogP contribution is 2.25. The SMILES string of the molecule is CC1CC[NH+]([C@H]2CC(=O)N(c3cccc(Cl)c3)C2=O)CC1. The third kappa shape index (κ3) is 2.83. The van der Waals surface area contributed by atoms with E-state index in [0.29, 0.717) is 17.1 Å². The first-order valence-electron chi connectivity index (χ1n) is 7.53. The van der Waals surface area contributed by atoms with Gasteiger partial charge >= 0.3 is 0 Å². The normalized spacial score (nSPS) is 30.0. The average Bonchev–Trinajstić information content (AvgIpc) is 2.75. The molecule has 1 atom stereocenters. The van der Waals surface area contributed by atoms with Crippen LogP contribution in [-0.2, 0) is 9.59 Å². The second-order valence-electron chi connectivity index (χ2n) is 6.14. The first kappa shape index (κ1) is 14.5. The minimum Gasteiger partial charge on any atom is -0.324 e. The fourth-order valence-electron chi connectivity index (χ4n) is 3.32. The summed E-state index contributed by atoms with van der Waals surface area (Å²) in [5.41, 5.74) is 0.588. The molecule has 2 aliphatic heterocycles. The Kier molecular flexibility index (Phi) is 4.00. The number of nitrogens with zero attached hydrogens (tertiary/aromatic N) is 1. The molecule has 3 rings (SSSR count). The molecule has 21 heavy (non-hydrogen) atoms. The summed E-state index contributed by atoms with van der Waals surface area (Å²) in [6.45, 7) is 4.21. The molecule has 2 saturated heterocycles. The molecule has 0 bridgehead atoms. The molecular weight excluding hydrogens is 288 g/mol. The third-order valence-electron chi connectivity index (χ3n) is 4.62. The number of likely N-dealkylation sites (tertiary alicyclic amines) is 1. The fourth-order valence-corrected chi connectivity index (χ4v) is 3.50. The number of anilines is 1. The van der Waals surface area contributed by atoms with E-state index in [1.165, 1.54) is 9.80 Å². The Bertz CT molecular complexity index is 567. The summed E-state index contributed by atoms with van der Waals surface area (Å²) in [5.74, 6) is 0.537. The number of amides is 2. The molecule has 1 N–H and O–H groups in total. The second-order valence-corrected chi connectivity index (χ2v) is 6.58. The van der Waals surface area contributed by atoms with Crippen molar-refractivity contribution < 1.29 is 14.5 Å². The Morgan fingerprint density at radius 1 is 1.24 bits per heavy atom. The molecule has 2 amide bonds. The lowest BCUT2D eigenvalue weighted by Crippen LogP contribution is -3.17. The van der Waals surface area contributed by atoms with Crippen LogP contribution < -0.4 is 9.80 Å². The molecule has 1 aromatic carbocycles. The Morgan fingerprint density at radius 2 is 1.95 bits per heavy atom. The van der Waals surface area contributed by atoms with E-state index in [0.717, 1.165) is 31.8 Å². The highest BCUT2D eigenvalue weighted by atomic mass is 35.5. The minimum absolute atomic E-state index is 0.0770. The Labute approximate surface area is 129 Å². The van der Waals surface area contributed by atoms with E-state index in [4.69, 9.17) is 11.6 Å². The predicted molar refractivity (Wildman–Crippen MR) is 81.4 cm³/mol. The Morgan fingerprint density at radius 3 is 2.62 bits per heavy atom. The molecule has 0 aromatic heterocycles. The van der Waals surface area contributed by atoms with Gasteiger partial charge in [0.25, 0.3) is 5.91 Å². The highest BCUT2D eigenvalue weighted by Gasteiger charge is 2.46. The third-order valence-corrected chi connectivity index (χ3v) is 4.86. The van der Waals surface area contributed by atoms with E-state index in [2.05, 4.69) is 6.92 Å². The molecule has 0 saturated carbocycles. The number of quaternary nitrogens is 1. The number of rotatable bonds is 2. The Balaban J connectivity index is 1.79. The zero-order valence-electron chi connectivity index (χ0n) is 12.1. The zero-order chi connectivity index (χ0) is 15.0. The molecule has 0 aliphatic carbocycles. The molecule has 0 spiro atoms. The van der Waals surface area contributed by atoms with Crippen molar-refractivity contribution in [2.75, 3.05) is 18.0 Å². The van der Waals surface area contributed by atoms with Gasteiger partial charge in [0.05, 0.1) is 25.2 Å². The van der Waals surface area contributed by atoms with Gasteiger partial charge in [0.2, 0.25) is 5.91 Å². The van der Waals surface area contributed by atoms with Crippen molar-refractivity contribution in [3.8, 4) is 0 Å². The molecule has 2 aliphatic rings. The number of imide groups is 1. The second kappa shape index (κ2) is 5.78. The largest absolute Gasteiger partial charge is 0.324 e. The van der Waals surface area contributed by atoms with E-state index in [9.17, 15) is 9.59 Å². The molecule has 2 heterocycles. The first-order valence-corrected chi connectivity index (χ1v) is 7.91. The lowest BCUT2D eigenvalue weighted by atomic mass is 9.97. The molecule has 2 fully saturated rings. The summed E-state index contributed by atoms with van der Waals surface area (Å²) in [4.78, 5) is 27.5. The standard InChI is InChI=1S/C16H19ClN2O2/c1-11-5-7-18(8-6-11)14-10-15(20)19(16(14)21)13-4-2-3-12(17)9-13/h2-4,9,11,14H,5-8,10H2,1H3/p+1/t14-/m0/s1. The fraction of sp³-hybridized carbons (Fsp3) is 0.500. The predicted octanol–water partition coefficient (Wildman–Crippen LogP) is 1.29. The van der Waals surface area contributed by atoms with Crippen LogP contribution in [0.3, 0.4) is 0 Å². The molecule has 5 heteroatoms. The summed E-state index contributed by atoms with van der Waals surface area (Å²) < 4.78 is 0. The monoisotopic (exact) mass is 307 g/mol. The van der Waals surface area contributed by atoms with Crippen molar-refractivity contribution in [2.24, 2.45) is 5.92 Å². The van der Waals surface area contributed by atoms with Crippen LogP contribution in [0.1, 0.15) is 26.2 Å². The summed E-state index contributed by atoms with van der Waals surface area (Å²) in [7, 11) is 0. The van der Waals surface area contributed by atoms with Gasteiger partial charge in [-0.3, -0.25) is 9.59 Å². The number of benzene rings is 1. The maximum Gasteiger partial charge on any atom is 0.292 e. The van der Waals surface area contributed by atoms with Crippen molar-refractivity contribution in [1.82, 2.24) is 0 Å². The number of carbonyl (C=O) groups excluding carboxylic acids is 2. The maximum atomic E-state index is 12.6. The summed E-state index contributed by atoms with van der Waals surface area (Å²) >= 11 is 5.97. The van der Waals surface area contributed by atoms with Crippen molar-refractivity contribution in [3.05, 3.63) is 29.3 Å². The van der Waals surface area contributed by atoms with Crippen LogP contribution in [0.5, 0.6) is 0 Å². The van der Waals surface area contributed by atoms with E-state index in [-0.39, 0.29) is 17.9 Å². The first-order chi connectivity index (χ1) is 10.1. The van der Waals surface area contributed by atoms with Gasteiger partial charge in [0.15, 0.2) is 6.04 Å². The minimum atomic E-state index is -0.219. The van der Waals surface area contributed by atoms with Gasteiger partial charge in [-0.05, 0) is 37.0 Å². The highest BCUT2D eigenvalue weighted by molar-refractivity contribution is 6.31. The van der Waals surface area contributed by atoms with Crippen LogP contribution in [0.2, 0.25) is 5.02 Å². The van der Waals surface area contributed by atoms with Crippen molar-refractivity contribution >= 4 is 29.1 Å². The van der Waals surface area contributed by atoms with Crippen LogP contribution in [0, 0.1) is 5.92 Å². The maximum absolute atomic E-state index is 12.6. The number of nitrogens with one attached hydrogen (secondary N) is 1. The zero-order valence-corrected chi connectivity index (χ0v) is 12.9. The molecular formula is C16H20ClN2O2+. The number of hydrogen-bond acceptors (Lipinski definition) is 2. The smallest absolute Gasteiger partial charge is 0.292 e. The summed E-state index contributed by atoms with van der Waals surface area (Å²) in [6, 6.07) is 6.72. The number of piperidine rings is 1. The van der Waals surface area contributed by atoms with E-state index < -0.39 is 0 Å². The van der Waals surface area contributed by atoms with E-state index in [1.807, 2.05) is 0 Å². The van der Waals surface area contributed by atoms with Crippen LogP contribution in [0.15, 0.2) is 24.3 Å². The van der Waals surface area contributed by atoms with Crippen LogP contribution in [0.25, 0.3) is 0 Å². The van der Waals surface area contributed by atoms with Gasteiger partial charge in [-0.25, -0.2) is 4.90 Å². The molecule has 0 radical (unpaired) electrons. The number of carbonyl (C=O) groups is 2. The van der Waals surface area contributed by atoms with Crippen LogP contribution in [-0.4, -0.2) is 30.9 Å². The molecule has 112 valence electrons. The van der Waals surface area contributed by atoms with Gasteiger partial charge in [0.1, 0.15) is 0 Å². The van der Waals surface area contributed by atoms with Gasteiger partial charge in [0, 0.05) is 5.02 Å². The van der Waals surface area contributed by atoms with Gasteiger partial charge in [-0.2, -0.15) is 0 Å². The van der Waals surface area contributed by atoms with Crippen LogP contribution in [0.4, 0.5) is 5.69 Å². The van der Waals surface area contributed by atoms with Crippen molar-refractivity contribution in [1.29, 1.82) is 0 Å². The Hall–Kier alpha value is -1.39. The molecule has 1 aromatic rings. The van der Waals surface area contributed by atoms with Gasteiger partial charge in [-0.1, -0.05) is 24.6 Å². The van der Waals surface area contributed by atoms with Crippen molar-refractivity contribution in [3.63, 3.8) is 0 Å². The topological polar surface area (TPSA) is 41.8 Å². The van der Waals surface area contributed by atoms with E-state index >= 15 is 0 Å². The lowest BCUT2D eigenvalue weighted by molar-refractivity contribution is -0.920. The quantitative estimate of drug-likeness (QED) is 0.837. The number of hydrogen-bond donors (Lipinski definition) is 1. The summed E-state index contributed by atoms with van der Waals surface area (Å²) in [5, 5.41) is 0.538. The summed E-state index contributed by atoms with van der Waals surface area (Å²) in [6.07, 6.45) is 2.57. The molecule has 0 unspecified atom stereocenters.